The van der Waals surface area contributed by atoms with Gasteiger partial charge in [-0.15, -0.1) is 5.10 Å². The molecule has 0 bridgehead atoms. The van der Waals surface area contributed by atoms with Crippen LogP contribution in [0.3, 0.4) is 0 Å². The number of aliphatic hydroxyl groups excluding tert-OH is 1. The Morgan fingerprint density at radius 3 is 2.83 bits per heavy atom. The molecule has 0 aliphatic carbocycles. The summed E-state index contributed by atoms with van der Waals surface area (Å²) in [6.07, 6.45) is -0.922. The van der Waals surface area contributed by atoms with E-state index in [-0.39, 0.29) is 11.5 Å². The molecule has 23 heavy (non-hydrogen) atoms. The van der Waals surface area contributed by atoms with E-state index in [0.717, 1.165) is 17.3 Å². The van der Waals surface area contributed by atoms with Crippen LogP contribution in [0, 0.1) is 6.92 Å². The first-order chi connectivity index (χ1) is 10.9. The van der Waals surface area contributed by atoms with Crippen LogP contribution in [0.15, 0.2) is 23.4 Å². The standard InChI is InChI=1S/C13H16N4O4S2/c1-8-3-4-11(21-2)9(5-8)17-13(14-15-16-17)22-12-7-23(19,20)6-10(12)18/h3-5,10,12,18H,6-7H2,1-2H3/t10-,12-/m1/s1. The molecule has 1 fully saturated rings. The zero-order valence-electron chi connectivity index (χ0n) is 12.6. The fourth-order valence-electron chi connectivity index (χ4n) is 2.41. The molecule has 10 heteroatoms. The maximum atomic E-state index is 11.6. The van der Waals surface area contributed by atoms with Crippen molar-refractivity contribution in [2.75, 3.05) is 18.6 Å². The summed E-state index contributed by atoms with van der Waals surface area (Å²) < 4.78 is 30.1. The molecule has 3 rings (SSSR count). The number of hydrogen-bond donors (Lipinski definition) is 1. The van der Waals surface area contributed by atoms with E-state index < -0.39 is 21.2 Å². The normalized spacial score (nSPS) is 23.1. The van der Waals surface area contributed by atoms with Crippen molar-refractivity contribution in [2.24, 2.45) is 0 Å². The van der Waals surface area contributed by atoms with E-state index in [1.807, 2.05) is 25.1 Å². The lowest BCUT2D eigenvalue weighted by atomic mass is 10.2. The second kappa shape index (κ2) is 6.10. The molecule has 8 nitrogen and oxygen atoms in total. The van der Waals surface area contributed by atoms with Crippen molar-refractivity contribution in [1.82, 2.24) is 20.2 Å². The zero-order valence-corrected chi connectivity index (χ0v) is 14.2. The van der Waals surface area contributed by atoms with E-state index in [9.17, 15) is 13.5 Å². The quantitative estimate of drug-likeness (QED) is 0.829. The van der Waals surface area contributed by atoms with Crippen molar-refractivity contribution < 1.29 is 18.3 Å². The highest BCUT2D eigenvalue weighted by atomic mass is 32.2. The highest BCUT2D eigenvalue weighted by Gasteiger charge is 2.38. The molecule has 2 heterocycles. The number of tetrazole rings is 1. The van der Waals surface area contributed by atoms with Crippen molar-refractivity contribution in [1.29, 1.82) is 0 Å². The van der Waals surface area contributed by atoms with Crippen LogP contribution in [-0.4, -0.2) is 63.7 Å². The number of ether oxygens (including phenoxy) is 1. The van der Waals surface area contributed by atoms with Gasteiger partial charge in [-0.1, -0.05) is 17.8 Å². The summed E-state index contributed by atoms with van der Waals surface area (Å²) in [5, 5.41) is 21.4. The van der Waals surface area contributed by atoms with Crippen LogP contribution in [0.4, 0.5) is 0 Å². The average molecular weight is 356 g/mol. The van der Waals surface area contributed by atoms with Gasteiger partial charge in [-0.2, -0.15) is 4.68 Å². The predicted octanol–water partition coefficient (Wildman–Crippen LogP) is 0.229. The van der Waals surface area contributed by atoms with Gasteiger partial charge >= 0.3 is 0 Å². The Labute approximate surface area is 137 Å². The molecule has 1 aromatic heterocycles. The molecule has 0 unspecified atom stereocenters. The topological polar surface area (TPSA) is 107 Å². The number of sulfone groups is 1. The third-order valence-corrected chi connectivity index (χ3v) is 6.71. The molecule has 0 saturated carbocycles. The van der Waals surface area contributed by atoms with Gasteiger partial charge in [0.25, 0.3) is 0 Å². The Kier molecular flexibility index (Phi) is 4.30. The molecule has 1 saturated heterocycles. The van der Waals surface area contributed by atoms with Gasteiger partial charge < -0.3 is 9.84 Å². The lowest BCUT2D eigenvalue weighted by molar-refractivity contribution is 0.207. The van der Waals surface area contributed by atoms with Gasteiger partial charge in [0.1, 0.15) is 11.4 Å². The Balaban J connectivity index is 1.93. The van der Waals surface area contributed by atoms with E-state index in [0.29, 0.717) is 16.6 Å². The van der Waals surface area contributed by atoms with E-state index in [4.69, 9.17) is 4.74 Å². The molecule has 0 spiro atoms. The summed E-state index contributed by atoms with van der Waals surface area (Å²) >= 11 is 1.16. The van der Waals surface area contributed by atoms with Crippen LogP contribution >= 0.6 is 11.8 Å². The largest absolute Gasteiger partial charge is 0.494 e. The molecule has 0 amide bonds. The Morgan fingerprint density at radius 2 is 2.17 bits per heavy atom. The van der Waals surface area contributed by atoms with Crippen molar-refractivity contribution in [3.05, 3.63) is 23.8 Å². The molecule has 2 aromatic rings. The minimum absolute atomic E-state index is 0.0867. The molecule has 1 N–H and O–H groups in total. The second-order valence-electron chi connectivity index (χ2n) is 5.35. The number of aromatic nitrogens is 4. The molecule has 1 aromatic carbocycles. The van der Waals surface area contributed by atoms with Crippen LogP contribution in [0.5, 0.6) is 5.75 Å². The molecular formula is C13H16N4O4S2. The van der Waals surface area contributed by atoms with Gasteiger partial charge in [-0.05, 0) is 35.0 Å². The number of nitrogens with zero attached hydrogens (tertiary/aromatic N) is 4. The Morgan fingerprint density at radius 1 is 1.39 bits per heavy atom. The Bertz CT molecular complexity index is 821. The fraction of sp³-hybridized carbons (Fsp3) is 0.462. The van der Waals surface area contributed by atoms with Crippen LogP contribution in [0.1, 0.15) is 5.56 Å². The van der Waals surface area contributed by atoms with E-state index in [2.05, 4.69) is 15.5 Å². The number of aryl methyl sites for hydroxylation is 1. The molecule has 0 radical (unpaired) electrons. The number of aliphatic hydroxyl groups is 1. The summed E-state index contributed by atoms with van der Waals surface area (Å²) in [6, 6.07) is 5.60. The number of rotatable bonds is 4. The maximum Gasteiger partial charge on any atom is 0.214 e. The monoisotopic (exact) mass is 356 g/mol. The van der Waals surface area contributed by atoms with E-state index in [1.54, 1.807) is 7.11 Å². The minimum atomic E-state index is -3.22. The highest BCUT2D eigenvalue weighted by Crippen LogP contribution is 2.32. The molecular weight excluding hydrogens is 340 g/mol. The van der Waals surface area contributed by atoms with Crippen molar-refractivity contribution in [2.45, 2.75) is 23.4 Å². The maximum absolute atomic E-state index is 11.6. The lowest BCUT2D eigenvalue weighted by Crippen LogP contribution is -2.20. The third kappa shape index (κ3) is 3.33. The second-order valence-corrected chi connectivity index (χ2v) is 8.71. The summed E-state index contributed by atoms with van der Waals surface area (Å²) in [6.45, 7) is 1.94. The number of hydrogen-bond acceptors (Lipinski definition) is 8. The SMILES string of the molecule is COc1ccc(C)cc1-n1nnnc1S[C@@H]1CS(=O)(=O)C[C@H]1O. The Hall–Kier alpha value is -1.65. The minimum Gasteiger partial charge on any atom is -0.494 e. The summed E-state index contributed by atoms with van der Waals surface area (Å²) in [4.78, 5) is 0. The summed E-state index contributed by atoms with van der Waals surface area (Å²) in [5.41, 5.74) is 1.67. The zero-order chi connectivity index (χ0) is 16.6. The smallest absolute Gasteiger partial charge is 0.214 e. The van der Waals surface area contributed by atoms with Crippen LogP contribution < -0.4 is 4.74 Å². The van der Waals surface area contributed by atoms with Crippen LogP contribution in [-0.2, 0) is 9.84 Å². The third-order valence-electron chi connectivity index (χ3n) is 3.53. The highest BCUT2D eigenvalue weighted by molar-refractivity contribution is 8.01. The van der Waals surface area contributed by atoms with Gasteiger partial charge in [0.15, 0.2) is 9.84 Å². The first-order valence-corrected chi connectivity index (χ1v) is 9.58. The number of methoxy groups -OCH3 is 1. The van der Waals surface area contributed by atoms with Crippen LogP contribution in [0.2, 0.25) is 0 Å². The van der Waals surface area contributed by atoms with Gasteiger partial charge in [-0.3, -0.25) is 0 Å². The molecule has 2 atom stereocenters. The van der Waals surface area contributed by atoms with Crippen molar-refractivity contribution >= 4 is 21.6 Å². The number of benzene rings is 1. The van der Waals surface area contributed by atoms with Gasteiger partial charge in [-0.25, -0.2) is 8.42 Å². The van der Waals surface area contributed by atoms with Crippen molar-refractivity contribution in [3.8, 4) is 11.4 Å². The molecule has 1 aliphatic heterocycles. The first-order valence-electron chi connectivity index (χ1n) is 6.88. The van der Waals surface area contributed by atoms with Gasteiger partial charge in [0.05, 0.1) is 30.0 Å². The summed E-state index contributed by atoms with van der Waals surface area (Å²) in [7, 11) is -1.66. The van der Waals surface area contributed by atoms with E-state index in [1.165, 1.54) is 4.68 Å². The van der Waals surface area contributed by atoms with Gasteiger partial charge in [0.2, 0.25) is 5.16 Å². The molecule has 124 valence electrons. The van der Waals surface area contributed by atoms with E-state index >= 15 is 0 Å². The average Bonchev–Trinajstić information content (AvgIpc) is 3.03. The van der Waals surface area contributed by atoms with Crippen molar-refractivity contribution in [3.63, 3.8) is 0 Å². The summed E-state index contributed by atoms with van der Waals surface area (Å²) in [5.74, 6) is 0.292. The fourth-order valence-corrected chi connectivity index (χ4v) is 5.88. The lowest BCUT2D eigenvalue weighted by Gasteiger charge is -2.13. The van der Waals surface area contributed by atoms with Crippen LogP contribution in [0.25, 0.3) is 5.69 Å². The molecule has 1 aliphatic rings. The first kappa shape index (κ1) is 16.2. The predicted molar refractivity (Wildman–Crippen MR) is 84.7 cm³/mol. The number of thioether (sulfide) groups is 1. The van der Waals surface area contributed by atoms with Gasteiger partial charge in [0, 0.05) is 0 Å².